The summed E-state index contributed by atoms with van der Waals surface area (Å²) in [6.45, 7) is 3.39. The third-order valence-corrected chi connectivity index (χ3v) is 3.23. The van der Waals surface area contributed by atoms with Gasteiger partial charge in [-0.1, -0.05) is 12.1 Å². The molecule has 2 atom stereocenters. The lowest BCUT2D eigenvalue weighted by molar-refractivity contribution is 0.658. The van der Waals surface area contributed by atoms with E-state index >= 15 is 0 Å². The molecule has 0 saturated carbocycles. The summed E-state index contributed by atoms with van der Waals surface area (Å²) in [5.41, 5.74) is 2.75. The van der Waals surface area contributed by atoms with E-state index in [1.54, 1.807) is 0 Å². The minimum absolute atomic E-state index is 0.670. The summed E-state index contributed by atoms with van der Waals surface area (Å²) >= 11 is 0. The number of rotatable bonds is 2. The fourth-order valence-corrected chi connectivity index (χ4v) is 2.24. The molecule has 82 valence electrons. The van der Waals surface area contributed by atoms with Crippen molar-refractivity contribution < 1.29 is 0 Å². The molecule has 1 aromatic carbocycles. The molecule has 1 aromatic rings. The lowest BCUT2D eigenvalue weighted by Crippen LogP contribution is -2.16. The van der Waals surface area contributed by atoms with Crippen LogP contribution in [-0.2, 0) is 0 Å². The molecule has 1 fully saturated rings. The van der Waals surface area contributed by atoms with E-state index in [4.69, 9.17) is 0 Å². The number of hydrogen-bond acceptors (Lipinski definition) is 2. The Kier molecular flexibility index (Phi) is 2.96. The summed E-state index contributed by atoms with van der Waals surface area (Å²) in [6.07, 6.45) is 1.27. The van der Waals surface area contributed by atoms with Gasteiger partial charge in [-0.25, -0.2) is 0 Å². The van der Waals surface area contributed by atoms with Crippen LogP contribution < -0.4 is 10.2 Å². The number of hydrogen-bond donors (Lipinski definition) is 1. The molecule has 0 aliphatic carbocycles. The second kappa shape index (κ2) is 4.23. The molecule has 0 radical (unpaired) electrons. The van der Waals surface area contributed by atoms with Crippen molar-refractivity contribution in [2.24, 2.45) is 0 Å². The molecule has 2 unspecified atom stereocenters. The zero-order chi connectivity index (χ0) is 10.8. The highest BCUT2D eigenvalue weighted by Gasteiger charge is 2.21. The first kappa shape index (κ1) is 10.5. The highest BCUT2D eigenvalue weighted by Crippen LogP contribution is 2.26. The number of nitrogens with zero attached hydrogens (tertiary/aromatic N) is 1. The van der Waals surface area contributed by atoms with Gasteiger partial charge in [-0.2, -0.15) is 0 Å². The van der Waals surface area contributed by atoms with Crippen LogP contribution in [0.4, 0.5) is 5.69 Å². The maximum absolute atomic E-state index is 3.49. The monoisotopic (exact) mass is 204 g/mol. The minimum Gasteiger partial charge on any atom is -0.378 e. The standard InChI is InChI=1S/C13H20N2/c1-10-8-12(9-14-10)11-4-6-13(7-5-11)15(2)3/h4-7,10,12,14H,8-9H2,1-3H3. The van der Waals surface area contributed by atoms with E-state index in [2.05, 4.69) is 55.5 Å². The summed E-state index contributed by atoms with van der Waals surface area (Å²) in [4.78, 5) is 2.14. The molecule has 1 aliphatic rings. The highest BCUT2D eigenvalue weighted by atomic mass is 15.1. The Hall–Kier alpha value is -1.02. The summed E-state index contributed by atoms with van der Waals surface area (Å²) in [5.74, 6) is 0.705. The van der Waals surface area contributed by atoms with E-state index in [1.165, 1.54) is 17.7 Å². The van der Waals surface area contributed by atoms with E-state index in [9.17, 15) is 0 Å². The first-order valence-electron chi connectivity index (χ1n) is 5.67. The van der Waals surface area contributed by atoms with Crippen LogP contribution in [0.25, 0.3) is 0 Å². The van der Waals surface area contributed by atoms with Gasteiger partial charge in [-0.05, 0) is 37.0 Å². The lowest BCUT2D eigenvalue weighted by atomic mass is 9.96. The lowest BCUT2D eigenvalue weighted by Gasteiger charge is -2.14. The van der Waals surface area contributed by atoms with Gasteiger partial charge < -0.3 is 10.2 Å². The van der Waals surface area contributed by atoms with Crippen LogP contribution in [0.15, 0.2) is 24.3 Å². The minimum atomic E-state index is 0.670. The molecule has 0 spiro atoms. The molecule has 1 aliphatic heterocycles. The van der Waals surface area contributed by atoms with Crippen LogP contribution in [0.5, 0.6) is 0 Å². The van der Waals surface area contributed by atoms with Crippen LogP contribution in [0.1, 0.15) is 24.8 Å². The molecule has 1 saturated heterocycles. The van der Waals surface area contributed by atoms with Gasteiger partial charge in [-0.3, -0.25) is 0 Å². The maximum Gasteiger partial charge on any atom is 0.0361 e. The number of anilines is 1. The van der Waals surface area contributed by atoms with Crippen molar-refractivity contribution in [3.05, 3.63) is 29.8 Å². The summed E-state index contributed by atoms with van der Waals surface area (Å²) in [7, 11) is 4.16. The van der Waals surface area contributed by atoms with E-state index < -0.39 is 0 Å². The van der Waals surface area contributed by atoms with Crippen molar-refractivity contribution in [1.29, 1.82) is 0 Å². The predicted octanol–water partition coefficient (Wildman–Crippen LogP) is 2.22. The molecular weight excluding hydrogens is 184 g/mol. The van der Waals surface area contributed by atoms with Crippen LogP contribution in [0, 0.1) is 0 Å². The molecule has 0 aromatic heterocycles. The zero-order valence-electron chi connectivity index (χ0n) is 9.83. The van der Waals surface area contributed by atoms with E-state index in [0.717, 1.165) is 6.54 Å². The molecule has 2 heteroatoms. The molecule has 0 amide bonds. The highest BCUT2D eigenvalue weighted by molar-refractivity contribution is 5.46. The average Bonchev–Trinajstić information content (AvgIpc) is 2.65. The first-order chi connectivity index (χ1) is 7.16. The van der Waals surface area contributed by atoms with Gasteiger partial charge in [0.1, 0.15) is 0 Å². The Morgan fingerprint density at radius 1 is 1.20 bits per heavy atom. The predicted molar refractivity (Wildman–Crippen MR) is 65.6 cm³/mol. The van der Waals surface area contributed by atoms with Gasteiger partial charge in [0.15, 0.2) is 0 Å². The summed E-state index contributed by atoms with van der Waals surface area (Å²) in [6, 6.07) is 9.61. The van der Waals surface area contributed by atoms with Crippen molar-refractivity contribution in [1.82, 2.24) is 5.32 Å². The van der Waals surface area contributed by atoms with Gasteiger partial charge in [-0.15, -0.1) is 0 Å². The third-order valence-electron chi connectivity index (χ3n) is 3.23. The van der Waals surface area contributed by atoms with Crippen LogP contribution in [0.3, 0.4) is 0 Å². The smallest absolute Gasteiger partial charge is 0.0361 e. The Balaban J connectivity index is 2.10. The van der Waals surface area contributed by atoms with Gasteiger partial charge in [0.05, 0.1) is 0 Å². The quantitative estimate of drug-likeness (QED) is 0.794. The Labute approximate surface area is 92.3 Å². The number of benzene rings is 1. The normalized spacial score (nSPS) is 25.5. The van der Waals surface area contributed by atoms with Crippen LogP contribution in [0.2, 0.25) is 0 Å². The van der Waals surface area contributed by atoms with Crippen LogP contribution >= 0.6 is 0 Å². The molecule has 0 bridgehead atoms. The van der Waals surface area contributed by atoms with Crippen molar-refractivity contribution in [3.63, 3.8) is 0 Å². The second-order valence-corrected chi connectivity index (χ2v) is 4.73. The van der Waals surface area contributed by atoms with Crippen LogP contribution in [-0.4, -0.2) is 26.7 Å². The Bertz CT molecular complexity index is 316. The molecule has 2 rings (SSSR count). The van der Waals surface area contributed by atoms with E-state index in [1.807, 2.05) is 0 Å². The van der Waals surface area contributed by atoms with Gasteiger partial charge in [0, 0.05) is 32.4 Å². The maximum atomic E-state index is 3.49. The van der Waals surface area contributed by atoms with Crippen molar-refractivity contribution in [2.75, 3.05) is 25.5 Å². The first-order valence-corrected chi connectivity index (χ1v) is 5.67. The molecule has 15 heavy (non-hydrogen) atoms. The van der Waals surface area contributed by atoms with E-state index in [-0.39, 0.29) is 0 Å². The van der Waals surface area contributed by atoms with Crippen molar-refractivity contribution in [2.45, 2.75) is 25.3 Å². The fourth-order valence-electron chi connectivity index (χ4n) is 2.24. The largest absolute Gasteiger partial charge is 0.378 e. The van der Waals surface area contributed by atoms with Crippen molar-refractivity contribution >= 4 is 5.69 Å². The second-order valence-electron chi connectivity index (χ2n) is 4.73. The van der Waals surface area contributed by atoms with Gasteiger partial charge in [0.2, 0.25) is 0 Å². The fraction of sp³-hybridized carbons (Fsp3) is 0.538. The molecule has 2 nitrogen and oxygen atoms in total. The van der Waals surface area contributed by atoms with Gasteiger partial charge in [0.25, 0.3) is 0 Å². The molecule has 1 N–H and O–H groups in total. The summed E-state index contributed by atoms with van der Waals surface area (Å²) in [5, 5.41) is 3.49. The topological polar surface area (TPSA) is 15.3 Å². The third kappa shape index (κ3) is 2.32. The van der Waals surface area contributed by atoms with E-state index in [0.29, 0.717) is 12.0 Å². The average molecular weight is 204 g/mol. The van der Waals surface area contributed by atoms with Crippen molar-refractivity contribution in [3.8, 4) is 0 Å². The molecule has 1 heterocycles. The Morgan fingerprint density at radius 2 is 1.87 bits per heavy atom. The zero-order valence-corrected chi connectivity index (χ0v) is 9.83. The molecular formula is C13H20N2. The number of nitrogens with one attached hydrogen (secondary N) is 1. The van der Waals surface area contributed by atoms with Gasteiger partial charge >= 0.3 is 0 Å². The summed E-state index contributed by atoms with van der Waals surface area (Å²) < 4.78 is 0. The Morgan fingerprint density at radius 3 is 2.33 bits per heavy atom. The SMILES string of the molecule is CC1CC(c2ccc(N(C)C)cc2)CN1.